The van der Waals surface area contributed by atoms with Crippen LogP contribution in [0, 0.1) is 0 Å². The van der Waals surface area contributed by atoms with Gasteiger partial charge in [-0.1, -0.05) is 12.1 Å². The highest BCUT2D eigenvalue weighted by atomic mass is 19.4. The number of rotatable bonds is 3. The molecular weight excluding hydrogens is 349 g/mol. The number of carbonyl (C=O) groups excluding carboxylic acids is 1. The van der Waals surface area contributed by atoms with Gasteiger partial charge in [-0.3, -0.25) is 9.69 Å². The van der Waals surface area contributed by atoms with E-state index in [0.717, 1.165) is 12.1 Å². The average molecular weight is 372 g/mol. The lowest BCUT2D eigenvalue weighted by molar-refractivity contribution is -0.138. The molecule has 1 aromatic rings. The molecule has 1 amide bonds. The van der Waals surface area contributed by atoms with E-state index in [4.69, 9.17) is 4.74 Å². The molecule has 3 rings (SSSR count). The summed E-state index contributed by atoms with van der Waals surface area (Å²) in [5.41, 5.74) is -1.85. The van der Waals surface area contributed by atoms with Crippen molar-refractivity contribution in [3.63, 3.8) is 0 Å². The van der Waals surface area contributed by atoms with Gasteiger partial charge in [-0.25, -0.2) is 0 Å². The molecule has 2 aliphatic heterocycles. The van der Waals surface area contributed by atoms with Gasteiger partial charge in [0.1, 0.15) is 0 Å². The standard InChI is InChI=1S/C18H23F3N2O3/c19-18(20,21)15-3-1-2-14(12-15)17(25)4-6-23(7-5-17)16(24)13-22-8-10-26-11-9-22/h1-3,12,25H,4-11,13H2. The maximum atomic E-state index is 12.9. The lowest BCUT2D eigenvalue weighted by Crippen LogP contribution is -2.49. The fourth-order valence-corrected chi connectivity index (χ4v) is 3.45. The van der Waals surface area contributed by atoms with E-state index < -0.39 is 17.3 Å². The molecule has 0 saturated carbocycles. The van der Waals surface area contributed by atoms with Crippen molar-refractivity contribution in [1.82, 2.24) is 9.80 Å². The molecule has 2 aliphatic rings. The average Bonchev–Trinajstić information content (AvgIpc) is 2.62. The third kappa shape index (κ3) is 4.36. The number of amides is 1. The van der Waals surface area contributed by atoms with Crippen molar-refractivity contribution in [2.75, 3.05) is 45.9 Å². The van der Waals surface area contributed by atoms with Crippen LogP contribution in [0.3, 0.4) is 0 Å². The minimum atomic E-state index is -4.44. The van der Waals surface area contributed by atoms with Crippen molar-refractivity contribution < 1.29 is 27.8 Å². The zero-order chi connectivity index (χ0) is 18.8. The van der Waals surface area contributed by atoms with Crippen molar-refractivity contribution in [3.05, 3.63) is 35.4 Å². The zero-order valence-electron chi connectivity index (χ0n) is 14.5. The van der Waals surface area contributed by atoms with E-state index in [0.29, 0.717) is 45.9 Å². The van der Waals surface area contributed by atoms with Gasteiger partial charge in [-0.05, 0) is 30.5 Å². The van der Waals surface area contributed by atoms with Crippen LogP contribution in [0.25, 0.3) is 0 Å². The topological polar surface area (TPSA) is 53.0 Å². The summed E-state index contributed by atoms with van der Waals surface area (Å²) < 4.78 is 44.0. The molecule has 8 heteroatoms. The van der Waals surface area contributed by atoms with Crippen LogP contribution in [-0.2, 0) is 21.3 Å². The second kappa shape index (κ2) is 7.54. The first-order valence-corrected chi connectivity index (χ1v) is 8.76. The number of halogens is 3. The highest BCUT2D eigenvalue weighted by Gasteiger charge is 2.38. The van der Waals surface area contributed by atoms with E-state index in [9.17, 15) is 23.1 Å². The molecule has 0 radical (unpaired) electrons. The second-order valence-electron chi connectivity index (χ2n) is 6.88. The van der Waals surface area contributed by atoms with E-state index >= 15 is 0 Å². The highest BCUT2D eigenvalue weighted by Crippen LogP contribution is 2.36. The summed E-state index contributed by atoms with van der Waals surface area (Å²) in [6, 6.07) is 4.82. The number of piperidine rings is 1. The van der Waals surface area contributed by atoms with Crippen molar-refractivity contribution in [2.45, 2.75) is 24.6 Å². The molecule has 0 aliphatic carbocycles. The van der Waals surface area contributed by atoms with Gasteiger partial charge in [0.05, 0.1) is 30.9 Å². The smallest absolute Gasteiger partial charge is 0.385 e. The predicted octanol–water partition coefficient (Wildman–Crippen LogP) is 1.85. The number of ether oxygens (including phenoxy) is 1. The molecule has 0 spiro atoms. The molecule has 0 bridgehead atoms. The van der Waals surface area contributed by atoms with E-state index in [1.54, 1.807) is 4.90 Å². The van der Waals surface area contributed by atoms with Gasteiger partial charge in [0, 0.05) is 26.2 Å². The summed E-state index contributed by atoms with van der Waals surface area (Å²) in [6.07, 6.45) is -3.99. The van der Waals surface area contributed by atoms with Crippen LogP contribution in [0.4, 0.5) is 13.2 Å². The first-order chi connectivity index (χ1) is 12.3. The molecule has 0 aromatic heterocycles. The summed E-state index contributed by atoms with van der Waals surface area (Å²) in [4.78, 5) is 16.1. The Morgan fingerprint density at radius 3 is 2.42 bits per heavy atom. The number of hydrogen-bond donors (Lipinski definition) is 1. The number of alkyl halides is 3. The molecule has 26 heavy (non-hydrogen) atoms. The van der Waals surface area contributed by atoms with Crippen LogP contribution in [0.15, 0.2) is 24.3 Å². The molecule has 2 saturated heterocycles. The highest BCUT2D eigenvalue weighted by molar-refractivity contribution is 5.78. The molecule has 0 atom stereocenters. The maximum absolute atomic E-state index is 12.9. The quantitative estimate of drug-likeness (QED) is 0.880. The SMILES string of the molecule is O=C(CN1CCOCC1)N1CCC(O)(c2cccc(C(F)(F)F)c2)CC1. The molecule has 1 aromatic carbocycles. The van der Waals surface area contributed by atoms with Gasteiger partial charge in [-0.2, -0.15) is 13.2 Å². The van der Waals surface area contributed by atoms with Gasteiger partial charge in [0.2, 0.25) is 5.91 Å². The third-order valence-corrected chi connectivity index (χ3v) is 5.13. The van der Waals surface area contributed by atoms with Gasteiger partial charge in [0.15, 0.2) is 0 Å². The van der Waals surface area contributed by atoms with Crippen LogP contribution in [0.1, 0.15) is 24.0 Å². The Balaban J connectivity index is 1.61. The second-order valence-corrected chi connectivity index (χ2v) is 6.88. The van der Waals surface area contributed by atoms with Gasteiger partial charge in [0.25, 0.3) is 0 Å². The summed E-state index contributed by atoms with van der Waals surface area (Å²) >= 11 is 0. The number of morpholine rings is 1. The van der Waals surface area contributed by atoms with Crippen LogP contribution < -0.4 is 0 Å². The number of aliphatic hydroxyl groups is 1. The van der Waals surface area contributed by atoms with Gasteiger partial charge in [-0.15, -0.1) is 0 Å². The summed E-state index contributed by atoms with van der Waals surface area (Å²) in [6.45, 7) is 3.63. The fourth-order valence-electron chi connectivity index (χ4n) is 3.45. The summed E-state index contributed by atoms with van der Waals surface area (Å²) in [5, 5.41) is 10.8. The first-order valence-electron chi connectivity index (χ1n) is 8.76. The van der Waals surface area contributed by atoms with E-state index in [1.807, 2.05) is 4.90 Å². The Kier molecular flexibility index (Phi) is 5.55. The molecule has 2 fully saturated rings. The van der Waals surface area contributed by atoms with Crippen molar-refractivity contribution in [1.29, 1.82) is 0 Å². The minimum absolute atomic E-state index is 0.0157. The molecule has 0 unspecified atom stereocenters. The van der Waals surface area contributed by atoms with Crippen molar-refractivity contribution >= 4 is 5.91 Å². The predicted molar refractivity (Wildman–Crippen MR) is 88.4 cm³/mol. The van der Waals surface area contributed by atoms with Crippen LogP contribution in [0.2, 0.25) is 0 Å². The lowest BCUT2D eigenvalue weighted by Gasteiger charge is -2.39. The molecule has 1 N–H and O–H groups in total. The Morgan fingerprint density at radius 1 is 1.15 bits per heavy atom. The van der Waals surface area contributed by atoms with Gasteiger partial charge < -0.3 is 14.7 Å². The number of likely N-dealkylation sites (tertiary alicyclic amines) is 1. The normalized spacial score (nSPS) is 21.6. The van der Waals surface area contributed by atoms with E-state index in [-0.39, 0.29) is 24.3 Å². The number of hydrogen-bond acceptors (Lipinski definition) is 4. The zero-order valence-corrected chi connectivity index (χ0v) is 14.5. The van der Waals surface area contributed by atoms with Crippen LogP contribution >= 0.6 is 0 Å². The van der Waals surface area contributed by atoms with Crippen LogP contribution in [-0.4, -0.2) is 66.8 Å². The van der Waals surface area contributed by atoms with Crippen LogP contribution in [0.5, 0.6) is 0 Å². The Hall–Kier alpha value is -1.64. The summed E-state index contributed by atoms with van der Waals surface area (Å²) in [7, 11) is 0. The molecule has 144 valence electrons. The Morgan fingerprint density at radius 2 is 1.81 bits per heavy atom. The Bertz CT molecular complexity index is 637. The van der Waals surface area contributed by atoms with E-state index in [1.165, 1.54) is 12.1 Å². The molecule has 2 heterocycles. The van der Waals surface area contributed by atoms with E-state index in [2.05, 4.69) is 0 Å². The number of benzene rings is 1. The minimum Gasteiger partial charge on any atom is -0.385 e. The molecular formula is C18H23F3N2O3. The third-order valence-electron chi connectivity index (χ3n) is 5.13. The van der Waals surface area contributed by atoms with Crippen molar-refractivity contribution in [2.24, 2.45) is 0 Å². The summed E-state index contributed by atoms with van der Waals surface area (Å²) in [5.74, 6) is -0.0157. The number of nitrogens with zero attached hydrogens (tertiary/aromatic N) is 2. The lowest BCUT2D eigenvalue weighted by atomic mass is 9.83. The van der Waals surface area contributed by atoms with Gasteiger partial charge >= 0.3 is 6.18 Å². The molecule has 5 nitrogen and oxygen atoms in total. The maximum Gasteiger partial charge on any atom is 0.416 e. The first kappa shape index (κ1) is 19.1. The number of carbonyl (C=O) groups is 1. The Labute approximate surface area is 150 Å². The fraction of sp³-hybridized carbons (Fsp3) is 0.611. The monoisotopic (exact) mass is 372 g/mol. The largest absolute Gasteiger partial charge is 0.416 e. The van der Waals surface area contributed by atoms with Crippen molar-refractivity contribution in [3.8, 4) is 0 Å².